The van der Waals surface area contributed by atoms with Gasteiger partial charge in [-0.2, -0.15) is 5.10 Å². The molecule has 1 aromatic rings. The maximum absolute atomic E-state index is 13.4. The minimum absolute atomic E-state index is 0.158. The van der Waals surface area contributed by atoms with Crippen molar-refractivity contribution in [2.24, 2.45) is 5.10 Å². The first-order valence-corrected chi connectivity index (χ1v) is 7.79. The molecule has 1 aromatic carbocycles. The van der Waals surface area contributed by atoms with Crippen molar-refractivity contribution in [1.82, 2.24) is 5.43 Å². The van der Waals surface area contributed by atoms with Crippen LogP contribution < -0.4 is 5.43 Å². The predicted molar refractivity (Wildman–Crippen MR) is 85.1 cm³/mol. The number of carbonyl (C=O) groups excluding carboxylic acids is 1. The summed E-state index contributed by atoms with van der Waals surface area (Å²) < 4.78 is 13.4. The zero-order valence-electron chi connectivity index (χ0n) is 12.4. The molecule has 0 aliphatic heterocycles. The lowest BCUT2D eigenvalue weighted by atomic mass is 10.1. The van der Waals surface area contributed by atoms with Crippen LogP contribution in [0.1, 0.15) is 57.4 Å². The van der Waals surface area contributed by atoms with Crippen molar-refractivity contribution in [2.75, 3.05) is 0 Å². The number of nitrogens with one attached hydrogen (secondary N) is 1. The molecule has 0 spiro atoms. The summed E-state index contributed by atoms with van der Waals surface area (Å²) in [5.41, 5.74) is 2.57. The van der Waals surface area contributed by atoms with Gasteiger partial charge in [0.2, 0.25) is 5.91 Å². The zero-order valence-corrected chi connectivity index (χ0v) is 13.1. The standard InChI is InChI=1S/C16H22ClFN2O/c1-2-3-4-5-6-7-11-16(21)20-19-12-13-14(17)9-8-10-15(13)18/h8-10,12H,2-7,11H2,1H3,(H,20,21)/b19-12-. The minimum atomic E-state index is -0.462. The molecule has 0 heterocycles. The first-order valence-electron chi connectivity index (χ1n) is 7.41. The number of hydrogen-bond acceptors (Lipinski definition) is 2. The smallest absolute Gasteiger partial charge is 0.240 e. The van der Waals surface area contributed by atoms with Gasteiger partial charge in [0.25, 0.3) is 0 Å². The maximum atomic E-state index is 13.4. The molecule has 1 amide bonds. The molecule has 0 aliphatic rings. The second-order valence-electron chi connectivity index (χ2n) is 4.95. The van der Waals surface area contributed by atoms with Crippen LogP contribution in [0.3, 0.4) is 0 Å². The van der Waals surface area contributed by atoms with E-state index >= 15 is 0 Å². The third kappa shape index (κ3) is 7.23. The van der Waals surface area contributed by atoms with E-state index in [1.165, 1.54) is 37.6 Å². The summed E-state index contributed by atoms with van der Waals surface area (Å²) in [6, 6.07) is 4.39. The quantitative estimate of drug-likeness (QED) is 0.401. The Kier molecular flexibility index (Phi) is 8.67. The Morgan fingerprint density at radius 3 is 2.71 bits per heavy atom. The van der Waals surface area contributed by atoms with Crippen LogP contribution in [0.4, 0.5) is 4.39 Å². The van der Waals surface area contributed by atoms with Crippen LogP contribution in [0, 0.1) is 5.82 Å². The summed E-state index contributed by atoms with van der Waals surface area (Å²) in [6.45, 7) is 2.17. The summed E-state index contributed by atoms with van der Waals surface area (Å²) in [5, 5.41) is 4.01. The van der Waals surface area contributed by atoms with Crippen LogP contribution in [-0.2, 0) is 4.79 Å². The molecule has 1 rings (SSSR count). The summed E-state index contributed by atoms with van der Waals surface area (Å²) in [5.74, 6) is -0.620. The van der Waals surface area contributed by atoms with Crippen molar-refractivity contribution in [3.05, 3.63) is 34.6 Å². The van der Waals surface area contributed by atoms with Crippen LogP contribution >= 0.6 is 11.6 Å². The number of hydrogen-bond donors (Lipinski definition) is 1. The molecule has 21 heavy (non-hydrogen) atoms. The van der Waals surface area contributed by atoms with E-state index in [0.29, 0.717) is 6.42 Å². The van der Waals surface area contributed by atoms with Crippen LogP contribution in [0.5, 0.6) is 0 Å². The highest BCUT2D eigenvalue weighted by atomic mass is 35.5. The van der Waals surface area contributed by atoms with Gasteiger partial charge in [-0.15, -0.1) is 0 Å². The number of unbranched alkanes of at least 4 members (excludes halogenated alkanes) is 5. The summed E-state index contributed by atoms with van der Waals surface area (Å²) in [6.07, 6.45) is 8.43. The molecular formula is C16H22ClFN2O. The Labute approximate surface area is 130 Å². The number of benzene rings is 1. The van der Waals surface area contributed by atoms with Gasteiger partial charge < -0.3 is 0 Å². The molecular weight excluding hydrogens is 291 g/mol. The van der Waals surface area contributed by atoms with Gasteiger partial charge in [-0.3, -0.25) is 4.79 Å². The number of hydrazone groups is 1. The highest BCUT2D eigenvalue weighted by Crippen LogP contribution is 2.16. The lowest BCUT2D eigenvalue weighted by Crippen LogP contribution is -2.17. The highest BCUT2D eigenvalue weighted by Gasteiger charge is 2.04. The summed E-state index contributed by atoms with van der Waals surface area (Å²) >= 11 is 5.84. The van der Waals surface area contributed by atoms with Gasteiger partial charge in [0.15, 0.2) is 0 Å². The molecule has 0 unspecified atom stereocenters. The zero-order chi connectivity index (χ0) is 15.5. The molecule has 0 atom stereocenters. The lowest BCUT2D eigenvalue weighted by Gasteiger charge is -2.02. The normalized spacial score (nSPS) is 11.0. The van der Waals surface area contributed by atoms with Crippen molar-refractivity contribution in [3.63, 3.8) is 0 Å². The molecule has 5 heteroatoms. The maximum Gasteiger partial charge on any atom is 0.240 e. The molecule has 0 radical (unpaired) electrons. The van der Waals surface area contributed by atoms with Crippen LogP contribution in [0.15, 0.2) is 23.3 Å². The highest BCUT2D eigenvalue weighted by molar-refractivity contribution is 6.33. The molecule has 0 fully saturated rings. The predicted octanol–water partition coefficient (Wildman–Crippen LogP) is 4.68. The topological polar surface area (TPSA) is 41.5 Å². The average Bonchev–Trinajstić information content (AvgIpc) is 2.46. The van der Waals surface area contributed by atoms with Gasteiger partial charge in [-0.1, -0.05) is 56.7 Å². The van der Waals surface area contributed by atoms with E-state index in [1.807, 2.05) is 0 Å². The Hall–Kier alpha value is -1.42. The Morgan fingerprint density at radius 2 is 2.00 bits per heavy atom. The number of rotatable bonds is 9. The van der Waals surface area contributed by atoms with Gasteiger partial charge in [0.05, 0.1) is 11.2 Å². The van der Waals surface area contributed by atoms with Crippen molar-refractivity contribution >= 4 is 23.7 Å². The minimum Gasteiger partial charge on any atom is -0.273 e. The van der Waals surface area contributed by atoms with Gasteiger partial charge in [-0.25, -0.2) is 9.82 Å². The van der Waals surface area contributed by atoms with Gasteiger partial charge in [-0.05, 0) is 18.6 Å². The number of halogens is 2. The van der Waals surface area contributed by atoms with E-state index in [4.69, 9.17) is 11.6 Å². The van der Waals surface area contributed by atoms with E-state index < -0.39 is 5.82 Å². The van der Waals surface area contributed by atoms with E-state index in [-0.39, 0.29) is 16.5 Å². The fourth-order valence-electron chi connectivity index (χ4n) is 1.92. The third-order valence-electron chi connectivity index (χ3n) is 3.14. The molecule has 0 aromatic heterocycles. The Morgan fingerprint density at radius 1 is 1.29 bits per heavy atom. The van der Waals surface area contributed by atoms with Crippen molar-refractivity contribution in [3.8, 4) is 0 Å². The summed E-state index contributed by atoms with van der Waals surface area (Å²) in [4.78, 5) is 11.5. The number of carbonyl (C=O) groups is 1. The largest absolute Gasteiger partial charge is 0.273 e. The molecule has 0 aliphatic carbocycles. The lowest BCUT2D eigenvalue weighted by molar-refractivity contribution is -0.121. The Bertz CT molecular complexity index is 457. The third-order valence-corrected chi connectivity index (χ3v) is 3.47. The first kappa shape index (κ1) is 17.6. The second-order valence-corrected chi connectivity index (χ2v) is 5.35. The number of nitrogens with zero attached hydrogens (tertiary/aromatic N) is 1. The van der Waals surface area contributed by atoms with Crippen molar-refractivity contribution in [2.45, 2.75) is 51.9 Å². The first-order chi connectivity index (χ1) is 10.1. The molecule has 116 valence electrons. The van der Waals surface area contributed by atoms with E-state index in [9.17, 15) is 9.18 Å². The van der Waals surface area contributed by atoms with E-state index in [0.717, 1.165) is 19.3 Å². The van der Waals surface area contributed by atoms with E-state index in [2.05, 4.69) is 17.5 Å². The molecule has 0 saturated heterocycles. The van der Waals surface area contributed by atoms with Crippen molar-refractivity contribution in [1.29, 1.82) is 0 Å². The van der Waals surface area contributed by atoms with Crippen LogP contribution in [0.25, 0.3) is 0 Å². The molecule has 0 bridgehead atoms. The van der Waals surface area contributed by atoms with E-state index in [1.54, 1.807) is 6.07 Å². The molecule has 3 nitrogen and oxygen atoms in total. The second kappa shape index (κ2) is 10.3. The summed E-state index contributed by atoms with van der Waals surface area (Å²) in [7, 11) is 0. The molecule has 0 saturated carbocycles. The van der Waals surface area contributed by atoms with Gasteiger partial charge in [0, 0.05) is 12.0 Å². The monoisotopic (exact) mass is 312 g/mol. The Balaban J connectivity index is 2.25. The van der Waals surface area contributed by atoms with Crippen LogP contribution in [0.2, 0.25) is 5.02 Å². The fraction of sp³-hybridized carbons (Fsp3) is 0.500. The van der Waals surface area contributed by atoms with Gasteiger partial charge >= 0.3 is 0 Å². The van der Waals surface area contributed by atoms with Crippen LogP contribution in [-0.4, -0.2) is 12.1 Å². The van der Waals surface area contributed by atoms with Crippen molar-refractivity contribution < 1.29 is 9.18 Å². The van der Waals surface area contributed by atoms with Gasteiger partial charge in [0.1, 0.15) is 5.82 Å². The number of amides is 1. The SMILES string of the molecule is CCCCCCCCC(=O)N/N=C\c1c(F)cccc1Cl. The fourth-order valence-corrected chi connectivity index (χ4v) is 2.14. The average molecular weight is 313 g/mol. The molecule has 1 N–H and O–H groups in total.